The van der Waals surface area contributed by atoms with Crippen LogP contribution in [-0.2, 0) is 11.3 Å². The summed E-state index contributed by atoms with van der Waals surface area (Å²) in [6.07, 6.45) is 3.41. The molecule has 1 aliphatic rings. The molecule has 0 spiro atoms. The summed E-state index contributed by atoms with van der Waals surface area (Å²) < 4.78 is 0. The Balaban J connectivity index is 1.42. The maximum atomic E-state index is 12.2. The van der Waals surface area contributed by atoms with E-state index in [9.17, 15) is 4.79 Å². The molecular weight excluding hydrogens is 314 g/mol. The molecule has 0 bridgehead atoms. The largest absolute Gasteiger partial charge is 0.353 e. The van der Waals surface area contributed by atoms with Crippen molar-refractivity contribution in [2.45, 2.75) is 26.4 Å². The van der Waals surface area contributed by atoms with Crippen molar-refractivity contribution in [2.24, 2.45) is 0 Å². The normalized spacial score (nSPS) is 14.5. The van der Waals surface area contributed by atoms with Crippen LogP contribution in [0.5, 0.6) is 0 Å². The zero-order chi connectivity index (χ0) is 17.8. The lowest BCUT2D eigenvalue weighted by Gasteiger charge is -2.44. The molecule has 3 rings (SSSR count). The third-order valence-electron chi connectivity index (χ3n) is 4.66. The summed E-state index contributed by atoms with van der Waals surface area (Å²) in [7, 11) is 2.00. The molecule has 0 atom stereocenters. The summed E-state index contributed by atoms with van der Waals surface area (Å²) in [5, 5.41) is 2.99. The van der Waals surface area contributed by atoms with Gasteiger partial charge >= 0.3 is 0 Å². The minimum Gasteiger partial charge on any atom is -0.353 e. The molecule has 1 aromatic carbocycles. The number of nitrogens with zero attached hydrogens (tertiary/aromatic N) is 4. The molecule has 0 unspecified atom stereocenters. The first kappa shape index (κ1) is 17.4. The van der Waals surface area contributed by atoms with Crippen molar-refractivity contribution in [1.29, 1.82) is 0 Å². The number of rotatable bonds is 6. The number of carbonyl (C=O) groups is 1. The lowest BCUT2D eigenvalue weighted by Crippen LogP contribution is -2.60. The highest BCUT2D eigenvalue weighted by Crippen LogP contribution is 2.23. The first-order valence-electron chi connectivity index (χ1n) is 8.57. The molecule has 1 aliphatic heterocycles. The molecule has 132 valence electrons. The predicted octanol–water partition coefficient (Wildman–Crippen LogP) is 1.53. The van der Waals surface area contributed by atoms with E-state index in [1.165, 1.54) is 5.56 Å². The van der Waals surface area contributed by atoms with E-state index in [1.807, 2.05) is 32.3 Å². The molecule has 1 fully saturated rings. The maximum absolute atomic E-state index is 12.2. The third-order valence-corrected chi connectivity index (χ3v) is 4.66. The Morgan fingerprint density at radius 2 is 2.00 bits per heavy atom. The van der Waals surface area contributed by atoms with Crippen LogP contribution < -0.4 is 10.2 Å². The fraction of sp³-hybridized carbons (Fsp3) is 0.421. The second-order valence-electron chi connectivity index (χ2n) is 6.77. The predicted molar refractivity (Wildman–Crippen MR) is 98.4 cm³/mol. The standard InChI is InChI=1S/C19H25N5O/c1-14-4-6-16(7-5-14)9-21-18(25)12-23(3)17-10-24(11-17)19-15(2)8-20-13-22-19/h4-8,13,17H,9-12H2,1-3H3,(H,21,25). The van der Waals surface area contributed by atoms with Gasteiger partial charge in [-0.05, 0) is 26.5 Å². The van der Waals surface area contributed by atoms with E-state index < -0.39 is 0 Å². The van der Waals surface area contributed by atoms with Crippen LogP contribution in [0.1, 0.15) is 16.7 Å². The summed E-state index contributed by atoms with van der Waals surface area (Å²) in [5.74, 6) is 1.04. The second-order valence-corrected chi connectivity index (χ2v) is 6.77. The van der Waals surface area contributed by atoms with Gasteiger partial charge in [0.05, 0.1) is 6.54 Å². The number of likely N-dealkylation sites (N-methyl/N-ethyl adjacent to an activating group) is 1. The van der Waals surface area contributed by atoms with Crippen molar-refractivity contribution in [3.05, 3.63) is 53.5 Å². The van der Waals surface area contributed by atoms with Crippen molar-refractivity contribution >= 4 is 11.7 Å². The van der Waals surface area contributed by atoms with Gasteiger partial charge in [0.2, 0.25) is 5.91 Å². The van der Waals surface area contributed by atoms with Crippen LogP contribution in [0.4, 0.5) is 5.82 Å². The van der Waals surface area contributed by atoms with Gasteiger partial charge in [0.15, 0.2) is 0 Å². The number of nitrogens with one attached hydrogen (secondary N) is 1. The maximum Gasteiger partial charge on any atom is 0.234 e. The molecule has 6 nitrogen and oxygen atoms in total. The summed E-state index contributed by atoms with van der Waals surface area (Å²) in [4.78, 5) is 24.9. The van der Waals surface area contributed by atoms with E-state index in [1.54, 1.807) is 6.33 Å². The molecular formula is C19H25N5O. The van der Waals surface area contributed by atoms with Gasteiger partial charge in [0.25, 0.3) is 0 Å². The summed E-state index contributed by atoms with van der Waals surface area (Å²) in [6, 6.07) is 8.59. The lowest BCUT2D eigenvalue weighted by atomic mass is 10.1. The van der Waals surface area contributed by atoms with Gasteiger partial charge < -0.3 is 10.2 Å². The van der Waals surface area contributed by atoms with Crippen LogP contribution in [0, 0.1) is 13.8 Å². The molecule has 2 aromatic rings. The number of hydrogen-bond donors (Lipinski definition) is 1. The number of aryl methyl sites for hydroxylation is 2. The van der Waals surface area contributed by atoms with Crippen LogP contribution in [0.25, 0.3) is 0 Å². The lowest BCUT2D eigenvalue weighted by molar-refractivity contribution is -0.122. The van der Waals surface area contributed by atoms with Gasteiger partial charge in [-0.15, -0.1) is 0 Å². The quantitative estimate of drug-likeness (QED) is 0.865. The van der Waals surface area contributed by atoms with Crippen molar-refractivity contribution in [1.82, 2.24) is 20.2 Å². The zero-order valence-corrected chi connectivity index (χ0v) is 15.1. The molecule has 1 N–H and O–H groups in total. The summed E-state index contributed by atoms with van der Waals surface area (Å²) in [6.45, 7) is 6.84. The highest BCUT2D eigenvalue weighted by molar-refractivity contribution is 5.78. The number of carbonyl (C=O) groups excluding carboxylic acids is 1. The van der Waals surface area contributed by atoms with Gasteiger partial charge in [-0.1, -0.05) is 29.8 Å². The highest BCUT2D eigenvalue weighted by atomic mass is 16.2. The van der Waals surface area contributed by atoms with Gasteiger partial charge in [-0.2, -0.15) is 0 Å². The molecule has 2 heterocycles. The number of hydrogen-bond acceptors (Lipinski definition) is 5. The third kappa shape index (κ3) is 4.33. The van der Waals surface area contributed by atoms with E-state index >= 15 is 0 Å². The Labute approximate surface area is 148 Å². The first-order chi connectivity index (χ1) is 12.0. The number of amides is 1. The van der Waals surface area contributed by atoms with Crippen LogP contribution in [0.3, 0.4) is 0 Å². The van der Waals surface area contributed by atoms with Gasteiger partial charge in [-0.3, -0.25) is 9.69 Å². The van der Waals surface area contributed by atoms with E-state index in [-0.39, 0.29) is 5.91 Å². The number of benzene rings is 1. The number of aromatic nitrogens is 2. The van der Waals surface area contributed by atoms with E-state index in [4.69, 9.17) is 0 Å². The molecule has 1 saturated heterocycles. The minimum absolute atomic E-state index is 0.0553. The summed E-state index contributed by atoms with van der Waals surface area (Å²) >= 11 is 0. The Morgan fingerprint density at radius 3 is 2.68 bits per heavy atom. The molecule has 6 heteroatoms. The minimum atomic E-state index is 0.0553. The molecule has 1 aromatic heterocycles. The Hall–Kier alpha value is -2.47. The average Bonchev–Trinajstić information content (AvgIpc) is 2.55. The van der Waals surface area contributed by atoms with E-state index in [0.29, 0.717) is 19.1 Å². The van der Waals surface area contributed by atoms with Crippen molar-refractivity contribution in [3.8, 4) is 0 Å². The molecule has 0 radical (unpaired) electrons. The van der Waals surface area contributed by atoms with Gasteiger partial charge in [-0.25, -0.2) is 9.97 Å². The molecule has 1 amide bonds. The topological polar surface area (TPSA) is 61.4 Å². The zero-order valence-electron chi connectivity index (χ0n) is 15.1. The highest BCUT2D eigenvalue weighted by Gasteiger charge is 2.32. The van der Waals surface area contributed by atoms with E-state index in [0.717, 1.165) is 30.0 Å². The SMILES string of the molecule is Cc1ccc(CNC(=O)CN(C)C2CN(c3ncncc3C)C2)cc1. The fourth-order valence-corrected chi connectivity index (χ4v) is 2.95. The van der Waals surface area contributed by atoms with Gasteiger partial charge in [0.1, 0.15) is 12.1 Å². The Morgan fingerprint density at radius 1 is 1.28 bits per heavy atom. The van der Waals surface area contributed by atoms with Crippen LogP contribution in [0.2, 0.25) is 0 Å². The van der Waals surface area contributed by atoms with Crippen molar-refractivity contribution in [2.75, 3.05) is 31.6 Å². The van der Waals surface area contributed by atoms with Gasteiger partial charge in [0, 0.05) is 37.4 Å². The van der Waals surface area contributed by atoms with Crippen molar-refractivity contribution < 1.29 is 4.79 Å². The van der Waals surface area contributed by atoms with Crippen LogP contribution in [-0.4, -0.2) is 53.5 Å². The van der Waals surface area contributed by atoms with Crippen LogP contribution in [0.15, 0.2) is 36.8 Å². The fourth-order valence-electron chi connectivity index (χ4n) is 2.95. The molecule has 25 heavy (non-hydrogen) atoms. The van der Waals surface area contributed by atoms with Crippen molar-refractivity contribution in [3.63, 3.8) is 0 Å². The van der Waals surface area contributed by atoms with Crippen LogP contribution >= 0.6 is 0 Å². The molecule has 0 aliphatic carbocycles. The smallest absolute Gasteiger partial charge is 0.234 e. The summed E-state index contributed by atoms with van der Waals surface area (Å²) in [5.41, 5.74) is 3.43. The number of anilines is 1. The second kappa shape index (κ2) is 7.61. The average molecular weight is 339 g/mol. The Kier molecular flexibility index (Phi) is 5.28. The molecule has 0 saturated carbocycles. The van der Waals surface area contributed by atoms with E-state index in [2.05, 4.69) is 44.1 Å². The Bertz CT molecular complexity index is 725. The monoisotopic (exact) mass is 339 g/mol. The first-order valence-corrected chi connectivity index (χ1v) is 8.57.